The van der Waals surface area contributed by atoms with Crippen molar-refractivity contribution in [2.75, 3.05) is 13.1 Å². The number of para-hydroxylation sites is 1. The Hall–Kier alpha value is -3.42. The summed E-state index contributed by atoms with van der Waals surface area (Å²) < 4.78 is 5.12. The first-order valence-corrected chi connectivity index (χ1v) is 8.59. The SMILES string of the molecule is O=C(/C=C/c1ccccc1[N+](=O)[O-])NC1CCN(C(=O)c2ccco2)CC1. The first-order valence-electron chi connectivity index (χ1n) is 8.59. The molecule has 1 saturated heterocycles. The van der Waals surface area contributed by atoms with Crippen molar-refractivity contribution in [1.29, 1.82) is 0 Å². The summed E-state index contributed by atoms with van der Waals surface area (Å²) in [6.07, 6.45) is 5.46. The molecule has 0 bridgehead atoms. The van der Waals surface area contributed by atoms with E-state index in [1.807, 2.05) is 0 Å². The molecule has 0 saturated carbocycles. The van der Waals surface area contributed by atoms with Crippen molar-refractivity contribution in [2.24, 2.45) is 0 Å². The Kier molecular flexibility index (Phi) is 5.65. The van der Waals surface area contributed by atoms with Gasteiger partial charge in [-0.15, -0.1) is 0 Å². The summed E-state index contributed by atoms with van der Waals surface area (Å²) in [6, 6.07) is 9.48. The number of furan rings is 1. The number of nitro groups is 1. The summed E-state index contributed by atoms with van der Waals surface area (Å²) in [5, 5.41) is 13.9. The quantitative estimate of drug-likeness (QED) is 0.495. The second kappa shape index (κ2) is 8.31. The van der Waals surface area contributed by atoms with E-state index in [-0.39, 0.29) is 23.5 Å². The van der Waals surface area contributed by atoms with Crippen LogP contribution in [0.3, 0.4) is 0 Å². The topological polar surface area (TPSA) is 106 Å². The van der Waals surface area contributed by atoms with Gasteiger partial charge < -0.3 is 14.6 Å². The summed E-state index contributed by atoms with van der Waals surface area (Å²) in [5.74, 6) is -0.158. The lowest BCUT2D eigenvalue weighted by Crippen LogP contribution is -2.46. The fourth-order valence-electron chi connectivity index (χ4n) is 2.99. The highest BCUT2D eigenvalue weighted by Crippen LogP contribution is 2.19. The number of piperidine rings is 1. The number of carbonyl (C=O) groups excluding carboxylic acids is 2. The smallest absolute Gasteiger partial charge is 0.289 e. The fourth-order valence-corrected chi connectivity index (χ4v) is 2.99. The van der Waals surface area contributed by atoms with Gasteiger partial charge in [-0.25, -0.2) is 0 Å². The maximum absolute atomic E-state index is 12.2. The highest BCUT2D eigenvalue weighted by Gasteiger charge is 2.25. The number of hydrogen-bond acceptors (Lipinski definition) is 5. The van der Waals surface area contributed by atoms with Crippen LogP contribution in [0.25, 0.3) is 6.08 Å². The number of hydrogen-bond donors (Lipinski definition) is 1. The summed E-state index contributed by atoms with van der Waals surface area (Å²) in [4.78, 5) is 36.5. The van der Waals surface area contributed by atoms with Gasteiger partial charge in [-0.2, -0.15) is 0 Å². The van der Waals surface area contributed by atoms with E-state index in [1.165, 1.54) is 24.5 Å². The second-order valence-corrected chi connectivity index (χ2v) is 6.20. The van der Waals surface area contributed by atoms with E-state index in [0.29, 0.717) is 37.3 Å². The molecule has 0 radical (unpaired) electrons. The Balaban J connectivity index is 1.51. The molecule has 0 atom stereocenters. The molecule has 1 aliphatic rings. The van der Waals surface area contributed by atoms with Crippen LogP contribution in [0.2, 0.25) is 0 Å². The van der Waals surface area contributed by atoms with Crippen LogP contribution in [-0.2, 0) is 4.79 Å². The highest BCUT2D eigenvalue weighted by atomic mass is 16.6. The van der Waals surface area contributed by atoms with E-state index in [9.17, 15) is 19.7 Å². The van der Waals surface area contributed by atoms with Crippen LogP contribution in [0.1, 0.15) is 29.0 Å². The minimum absolute atomic E-state index is 0.0476. The predicted octanol–water partition coefficient (Wildman–Crippen LogP) is 2.62. The van der Waals surface area contributed by atoms with E-state index in [4.69, 9.17) is 4.42 Å². The number of nitrogens with zero attached hydrogens (tertiary/aromatic N) is 2. The van der Waals surface area contributed by atoms with Crippen LogP contribution in [0.15, 0.2) is 53.2 Å². The average molecular weight is 369 g/mol. The van der Waals surface area contributed by atoms with Crippen molar-refractivity contribution in [3.63, 3.8) is 0 Å². The van der Waals surface area contributed by atoms with Crippen LogP contribution in [0, 0.1) is 10.1 Å². The molecular weight excluding hydrogens is 350 g/mol. The van der Waals surface area contributed by atoms with Gasteiger partial charge in [0.1, 0.15) is 0 Å². The van der Waals surface area contributed by atoms with Crippen molar-refractivity contribution in [3.8, 4) is 0 Å². The van der Waals surface area contributed by atoms with Gasteiger partial charge in [0.05, 0.1) is 16.7 Å². The van der Waals surface area contributed by atoms with Gasteiger partial charge in [0.2, 0.25) is 5.91 Å². The van der Waals surface area contributed by atoms with E-state index in [2.05, 4.69) is 5.32 Å². The number of nitrogens with one attached hydrogen (secondary N) is 1. The lowest BCUT2D eigenvalue weighted by Gasteiger charge is -2.31. The molecule has 0 aliphatic carbocycles. The molecule has 1 fully saturated rings. The first-order chi connectivity index (χ1) is 13.0. The number of nitro benzene ring substituents is 1. The number of likely N-dealkylation sites (tertiary alicyclic amines) is 1. The number of benzene rings is 1. The van der Waals surface area contributed by atoms with Crippen molar-refractivity contribution >= 4 is 23.6 Å². The fraction of sp³-hybridized carbons (Fsp3) is 0.263. The van der Waals surface area contributed by atoms with Crippen LogP contribution in [0.4, 0.5) is 5.69 Å². The molecule has 2 heterocycles. The summed E-state index contributed by atoms with van der Waals surface area (Å²) in [5.41, 5.74) is 0.322. The van der Waals surface area contributed by atoms with Gasteiger partial charge in [-0.3, -0.25) is 19.7 Å². The first kappa shape index (κ1) is 18.4. The Morgan fingerprint density at radius 2 is 1.93 bits per heavy atom. The maximum Gasteiger partial charge on any atom is 0.289 e. The Morgan fingerprint density at radius 1 is 1.19 bits per heavy atom. The molecule has 27 heavy (non-hydrogen) atoms. The van der Waals surface area contributed by atoms with Crippen molar-refractivity contribution < 1.29 is 18.9 Å². The molecule has 2 amide bonds. The molecule has 0 spiro atoms. The van der Waals surface area contributed by atoms with Crippen LogP contribution in [-0.4, -0.2) is 40.8 Å². The van der Waals surface area contributed by atoms with Crippen LogP contribution >= 0.6 is 0 Å². The third kappa shape index (κ3) is 4.60. The standard InChI is InChI=1S/C19H19N3O5/c23-18(8-7-14-4-1-2-5-16(14)22(25)26)20-15-9-11-21(12-10-15)19(24)17-6-3-13-27-17/h1-8,13,15H,9-12H2,(H,20,23)/b8-7+. The van der Waals surface area contributed by atoms with Crippen molar-refractivity contribution in [3.05, 3.63) is 70.2 Å². The zero-order chi connectivity index (χ0) is 19.2. The lowest BCUT2D eigenvalue weighted by molar-refractivity contribution is -0.385. The van der Waals surface area contributed by atoms with E-state index in [1.54, 1.807) is 35.2 Å². The molecule has 140 valence electrons. The van der Waals surface area contributed by atoms with Gasteiger partial charge in [-0.05, 0) is 37.1 Å². The molecule has 8 nitrogen and oxygen atoms in total. The number of amides is 2. The van der Waals surface area contributed by atoms with Gasteiger partial charge in [0, 0.05) is 31.3 Å². The van der Waals surface area contributed by atoms with E-state index >= 15 is 0 Å². The van der Waals surface area contributed by atoms with E-state index in [0.717, 1.165) is 0 Å². The second-order valence-electron chi connectivity index (χ2n) is 6.20. The Morgan fingerprint density at radius 3 is 2.59 bits per heavy atom. The monoisotopic (exact) mass is 369 g/mol. The molecule has 0 unspecified atom stereocenters. The molecule has 1 aromatic carbocycles. The third-order valence-corrected chi connectivity index (χ3v) is 4.41. The Labute approximate surface area is 155 Å². The van der Waals surface area contributed by atoms with Crippen molar-refractivity contribution in [2.45, 2.75) is 18.9 Å². The van der Waals surface area contributed by atoms with Gasteiger partial charge in [-0.1, -0.05) is 12.1 Å². The lowest BCUT2D eigenvalue weighted by atomic mass is 10.0. The molecule has 8 heteroatoms. The minimum atomic E-state index is -0.483. The predicted molar refractivity (Wildman–Crippen MR) is 97.9 cm³/mol. The van der Waals surface area contributed by atoms with E-state index < -0.39 is 4.92 Å². The highest BCUT2D eigenvalue weighted by molar-refractivity contribution is 5.93. The maximum atomic E-state index is 12.2. The molecule has 1 N–H and O–H groups in total. The molecule has 2 aromatic rings. The number of carbonyl (C=O) groups is 2. The third-order valence-electron chi connectivity index (χ3n) is 4.41. The normalized spacial score (nSPS) is 15.0. The molecule has 3 rings (SSSR count). The van der Waals surface area contributed by atoms with Gasteiger partial charge >= 0.3 is 0 Å². The van der Waals surface area contributed by atoms with Crippen LogP contribution in [0.5, 0.6) is 0 Å². The largest absolute Gasteiger partial charge is 0.459 e. The summed E-state index contributed by atoms with van der Waals surface area (Å²) in [6.45, 7) is 1.05. The Bertz CT molecular complexity index is 852. The summed E-state index contributed by atoms with van der Waals surface area (Å²) in [7, 11) is 0. The average Bonchev–Trinajstić information content (AvgIpc) is 3.21. The van der Waals surface area contributed by atoms with Gasteiger partial charge in [0.15, 0.2) is 5.76 Å². The van der Waals surface area contributed by atoms with Crippen molar-refractivity contribution in [1.82, 2.24) is 10.2 Å². The number of rotatable bonds is 5. The van der Waals surface area contributed by atoms with Crippen LogP contribution < -0.4 is 5.32 Å². The summed E-state index contributed by atoms with van der Waals surface area (Å²) >= 11 is 0. The molecular formula is C19H19N3O5. The minimum Gasteiger partial charge on any atom is -0.459 e. The van der Waals surface area contributed by atoms with Gasteiger partial charge in [0.25, 0.3) is 11.6 Å². The molecule has 1 aromatic heterocycles. The molecule has 1 aliphatic heterocycles. The zero-order valence-corrected chi connectivity index (χ0v) is 14.5. The zero-order valence-electron chi connectivity index (χ0n) is 14.5.